The number of carbonyl (C=O) groups is 3. The summed E-state index contributed by atoms with van der Waals surface area (Å²) in [5, 5.41) is 1.96. The number of ether oxygens (including phenoxy) is 1. The normalized spacial score (nSPS) is 19.1. The fourth-order valence-electron chi connectivity index (χ4n) is 1.64. The number of rotatable bonds is 8. The van der Waals surface area contributed by atoms with E-state index in [0.717, 1.165) is 6.42 Å². The largest absolute Gasteiger partial charge is 0.380 e. The first-order valence-electron chi connectivity index (χ1n) is 6.13. The summed E-state index contributed by atoms with van der Waals surface area (Å²) in [5.74, 6) is -0.409. The fourth-order valence-corrected chi connectivity index (χ4v) is 2.85. The maximum absolute atomic E-state index is 12.0. The van der Waals surface area contributed by atoms with Crippen molar-refractivity contribution in [3.63, 3.8) is 0 Å². The molecule has 1 rings (SSSR count). The first kappa shape index (κ1) is 16.4. The van der Waals surface area contributed by atoms with Crippen LogP contribution < -0.4 is 5.09 Å². The molecule has 108 valence electrons. The molecule has 1 saturated heterocycles. The number of amides is 3. The number of nitrogens with one attached hydrogen (secondary N) is 1. The van der Waals surface area contributed by atoms with E-state index in [9.17, 15) is 14.4 Å². The second-order valence-electron chi connectivity index (χ2n) is 4.07. The minimum atomic E-state index is -0.444. The van der Waals surface area contributed by atoms with Gasteiger partial charge in [-0.25, -0.2) is 0 Å². The Morgan fingerprint density at radius 2 is 2.26 bits per heavy atom. The lowest BCUT2D eigenvalue weighted by Gasteiger charge is -2.14. The van der Waals surface area contributed by atoms with Crippen LogP contribution in [0.15, 0.2) is 0 Å². The molecule has 3 amide bonds. The second kappa shape index (κ2) is 8.51. The number of likely N-dealkylation sites (tertiary alicyclic amines) is 1. The molecule has 0 aromatic heterocycles. The van der Waals surface area contributed by atoms with Crippen molar-refractivity contribution >= 4 is 38.9 Å². The molecule has 0 radical (unpaired) electrons. The van der Waals surface area contributed by atoms with E-state index in [4.69, 9.17) is 4.74 Å². The van der Waals surface area contributed by atoms with Gasteiger partial charge in [-0.2, -0.15) is 0 Å². The zero-order valence-corrected chi connectivity index (χ0v) is 12.9. The number of carbonyl (C=O) groups excluding carboxylic acids is 3. The smallest absolute Gasteiger partial charge is 0.242 e. The molecule has 1 aliphatic rings. The molecule has 1 fully saturated rings. The van der Waals surface area contributed by atoms with Gasteiger partial charge in [-0.05, 0) is 15.8 Å². The van der Waals surface area contributed by atoms with E-state index in [1.165, 1.54) is 16.7 Å². The van der Waals surface area contributed by atoms with Crippen LogP contribution in [0, 0.1) is 0 Å². The first-order chi connectivity index (χ1) is 9.10. The van der Waals surface area contributed by atoms with Crippen LogP contribution in [0.5, 0.6) is 0 Å². The van der Waals surface area contributed by atoms with Gasteiger partial charge < -0.3 is 9.82 Å². The molecule has 2 unspecified atom stereocenters. The Morgan fingerprint density at radius 3 is 2.89 bits per heavy atom. The summed E-state index contributed by atoms with van der Waals surface area (Å²) >= 11 is 1.20. The molecular weight excluding hydrogens is 287 g/mol. The van der Waals surface area contributed by atoms with Crippen LogP contribution in [0.4, 0.5) is 0 Å². The molecule has 1 heterocycles. The molecule has 8 heteroatoms. The predicted octanol–water partition coefficient (Wildman–Crippen LogP) is 0.180. The Bertz CT molecular complexity index is 354. The first-order valence-corrected chi connectivity index (χ1v) is 7.75. The maximum Gasteiger partial charge on any atom is 0.242 e. The van der Waals surface area contributed by atoms with Gasteiger partial charge in [0.05, 0.1) is 24.2 Å². The number of hydrogen-bond acceptors (Lipinski definition) is 5. The number of imide groups is 1. The van der Waals surface area contributed by atoms with Gasteiger partial charge in [0.2, 0.25) is 17.7 Å². The molecule has 2 atom stereocenters. The Balaban J connectivity index is 2.37. The second-order valence-corrected chi connectivity index (χ2v) is 5.55. The summed E-state index contributed by atoms with van der Waals surface area (Å²) in [7, 11) is 2.11. The van der Waals surface area contributed by atoms with Crippen LogP contribution in [0.3, 0.4) is 0 Å². The van der Waals surface area contributed by atoms with E-state index < -0.39 is 5.25 Å². The summed E-state index contributed by atoms with van der Waals surface area (Å²) < 4.78 is 5.27. The average molecular weight is 306 g/mol. The molecule has 0 bridgehead atoms. The van der Waals surface area contributed by atoms with Crippen LogP contribution >= 0.6 is 21.2 Å². The highest BCUT2D eigenvalue weighted by molar-refractivity contribution is 8.01. The lowest BCUT2D eigenvalue weighted by molar-refractivity contribution is -0.139. The maximum atomic E-state index is 12.0. The van der Waals surface area contributed by atoms with Crippen molar-refractivity contribution in [2.45, 2.75) is 25.0 Å². The van der Waals surface area contributed by atoms with Crippen molar-refractivity contribution in [1.82, 2.24) is 9.99 Å². The van der Waals surface area contributed by atoms with Crippen molar-refractivity contribution < 1.29 is 19.1 Å². The van der Waals surface area contributed by atoms with Gasteiger partial charge in [0, 0.05) is 13.0 Å². The molecular formula is C11H19N2O4PS. The third-order valence-corrected chi connectivity index (χ3v) is 4.11. The zero-order valence-electron chi connectivity index (χ0n) is 10.9. The molecule has 0 spiro atoms. The molecule has 1 N–H and O–H groups in total. The van der Waals surface area contributed by atoms with Crippen molar-refractivity contribution in [2.75, 3.05) is 25.5 Å². The van der Waals surface area contributed by atoms with Crippen LogP contribution in [-0.4, -0.2) is 53.4 Å². The highest BCUT2D eigenvalue weighted by Crippen LogP contribution is 2.24. The molecule has 1 aliphatic heterocycles. The van der Waals surface area contributed by atoms with E-state index in [1.807, 2.05) is 6.92 Å². The van der Waals surface area contributed by atoms with Gasteiger partial charge in [-0.15, -0.1) is 11.8 Å². The zero-order chi connectivity index (χ0) is 14.3. The van der Waals surface area contributed by atoms with E-state index >= 15 is 0 Å². The van der Waals surface area contributed by atoms with Gasteiger partial charge in [-0.3, -0.25) is 19.3 Å². The van der Waals surface area contributed by atoms with E-state index in [2.05, 4.69) is 14.5 Å². The van der Waals surface area contributed by atoms with Crippen molar-refractivity contribution in [3.8, 4) is 0 Å². The monoisotopic (exact) mass is 306 g/mol. The van der Waals surface area contributed by atoms with Gasteiger partial charge >= 0.3 is 0 Å². The minimum Gasteiger partial charge on any atom is -0.380 e. The molecule has 0 saturated carbocycles. The lowest BCUT2D eigenvalue weighted by Crippen LogP contribution is -2.34. The fraction of sp³-hybridized carbons (Fsp3) is 0.727. The van der Waals surface area contributed by atoms with Gasteiger partial charge in [0.15, 0.2) is 0 Å². The summed E-state index contributed by atoms with van der Waals surface area (Å²) in [5.41, 5.74) is 0. The summed E-state index contributed by atoms with van der Waals surface area (Å²) in [4.78, 5) is 36.0. The summed E-state index contributed by atoms with van der Waals surface area (Å²) in [6.07, 6.45) is 1.08. The van der Waals surface area contributed by atoms with Crippen molar-refractivity contribution in [2.24, 2.45) is 0 Å². The molecule has 6 nitrogen and oxygen atoms in total. The van der Waals surface area contributed by atoms with Crippen LogP contribution in [-0.2, 0) is 19.1 Å². The highest BCUT2D eigenvalue weighted by Gasteiger charge is 2.38. The number of nitrogens with zero attached hydrogens (tertiary/aromatic N) is 1. The van der Waals surface area contributed by atoms with E-state index in [0.29, 0.717) is 19.8 Å². The third-order valence-electron chi connectivity index (χ3n) is 2.59. The highest BCUT2D eigenvalue weighted by atomic mass is 32.2. The molecule has 0 aromatic rings. The standard InChI is InChI=1S/C11H19N2O4PS/c1-2-4-17-5-3-13-10(15)6-8(11(13)16)19-7-9(14)12-18/h8H,2-7,18H2,1H3,(H,12,14). The molecule has 19 heavy (non-hydrogen) atoms. The van der Waals surface area contributed by atoms with Gasteiger partial charge in [-0.1, -0.05) is 6.92 Å². The Kier molecular flexibility index (Phi) is 7.34. The van der Waals surface area contributed by atoms with E-state index in [1.54, 1.807) is 0 Å². The third kappa shape index (κ3) is 5.09. The van der Waals surface area contributed by atoms with Crippen LogP contribution in [0.1, 0.15) is 19.8 Å². The van der Waals surface area contributed by atoms with Gasteiger partial charge in [0.25, 0.3) is 0 Å². The average Bonchev–Trinajstić information content (AvgIpc) is 2.67. The minimum absolute atomic E-state index is 0.168. The topological polar surface area (TPSA) is 75.7 Å². The summed E-state index contributed by atoms with van der Waals surface area (Å²) in [6.45, 7) is 3.29. The lowest BCUT2D eigenvalue weighted by atomic mass is 10.4. The summed E-state index contributed by atoms with van der Waals surface area (Å²) in [6, 6.07) is 0. The molecule has 0 aliphatic carbocycles. The van der Waals surface area contributed by atoms with Crippen LogP contribution in [0.25, 0.3) is 0 Å². The number of hydrogen-bond donors (Lipinski definition) is 1. The molecule has 0 aromatic carbocycles. The Morgan fingerprint density at radius 1 is 1.53 bits per heavy atom. The van der Waals surface area contributed by atoms with Crippen molar-refractivity contribution in [3.05, 3.63) is 0 Å². The Labute approximate surface area is 119 Å². The van der Waals surface area contributed by atoms with E-state index in [-0.39, 0.29) is 29.9 Å². The Hall–Kier alpha value is -0.650. The quantitative estimate of drug-likeness (QED) is 0.393. The predicted molar refractivity (Wildman–Crippen MR) is 76.5 cm³/mol. The number of thioether (sulfide) groups is 1. The van der Waals surface area contributed by atoms with Crippen LogP contribution in [0.2, 0.25) is 0 Å². The SMILES string of the molecule is CCCOCCN1C(=O)CC(SCC(=O)NP)C1=O. The van der Waals surface area contributed by atoms with Crippen molar-refractivity contribution in [1.29, 1.82) is 0 Å². The van der Waals surface area contributed by atoms with Gasteiger partial charge in [0.1, 0.15) is 0 Å².